The third-order valence-corrected chi connectivity index (χ3v) is 4.09. The first-order valence-corrected chi connectivity index (χ1v) is 7.61. The van der Waals surface area contributed by atoms with Crippen LogP contribution in [0.15, 0.2) is 12.1 Å². The number of halogens is 1. The number of benzene rings is 1. The van der Waals surface area contributed by atoms with Crippen LogP contribution in [0.1, 0.15) is 23.5 Å². The molecule has 0 N–H and O–H groups in total. The maximum Gasteiger partial charge on any atom is 0.320 e. The van der Waals surface area contributed by atoms with Crippen LogP contribution in [-0.4, -0.2) is 44.2 Å². The Morgan fingerprint density at radius 1 is 1.32 bits per heavy atom. The van der Waals surface area contributed by atoms with Gasteiger partial charge in [0.05, 0.1) is 26.7 Å². The number of nitrogens with zero attached hydrogens (tertiary/aromatic N) is 1. The van der Waals surface area contributed by atoms with E-state index in [1.54, 1.807) is 0 Å². The molecule has 0 unspecified atom stereocenters. The molecule has 1 atom stereocenters. The Bertz CT molecular complexity index is 675. The van der Waals surface area contributed by atoms with E-state index >= 15 is 0 Å². The van der Waals surface area contributed by atoms with Gasteiger partial charge in [0, 0.05) is 11.0 Å². The molecule has 1 aliphatic rings. The molecule has 1 aliphatic heterocycles. The minimum Gasteiger partial charge on any atom is -0.493 e. The predicted molar refractivity (Wildman–Crippen MR) is 82.3 cm³/mol. The second-order valence-electron chi connectivity index (χ2n) is 5.58. The molecule has 1 aromatic rings. The number of fused-ring (bicyclic) bond motifs is 1. The van der Waals surface area contributed by atoms with E-state index in [1.165, 1.54) is 6.07 Å². The second-order valence-corrected chi connectivity index (χ2v) is 5.58. The van der Waals surface area contributed by atoms with Crippen molar-refractivity contribution in [2.24, 2.45) is 5.92 Å². The van der Waals surface area contributed by atoms with Crippen LogP contribution in [0.5, 0.6) is 5.75 Å². The Labute approximate surface area is 143 Å². The lowest BCUT2D eigenvalue weighted by molar-refractivity contribution is -0.484. The number of carbonyl (C=O) groups is 2. The maximum absolute atomic E-state index is 14.6. The predicted octanol–water partition coefficient (Wildman–Crippen LogP) is 1.47. The summed E-state index contributed by atoms with van der Waals surface area (Å²) in [4.78, 5) is 34.4. The summed E-state index contributed by atoms with van der Waals surface area (Å²) in [5.74, 6) is -5.47. The molecular formula is C16H18FNO7. The van der Waals surface area contributed by atoms with Crippen molar-refractivity contribution in [3.05, 3.63) is 39.2 Å². The van der Waals surface area contributed by atoms with E-state index in [-0.39, 0.29) is 5.56 Å². The first-order valence-electron chi connectivity index (χ1n) is 7.61. The molecule has 0 amide bonds. The van der Waals surface area contributed by atoms with Crippen molar-refractivity contribution in [2.45, 2.75) is 18.8 Å². The van der Waals surface area contributed by atoms with E-state index in [9.17, 15) is 24.1 Å². The van der Waals surface area contributed by atoms with Gasteiger partial charge in [-0.1, -0.05) is 0 Å². The van der Waals surface area contributed by atoms with Crippen molar-refractivity contribution in [1.29, 1.82) is 0 Å². The molecule has 9 heteroatoms. The molecule has 0 radical (unpaired) electrons. The van der Waals surface area contributed by atoms with Gasteiger partial charge < -0.3 is 14.2 Å². The largest absolute Gasteiger partial charge is 0.493 e. The molecule has 0 saturated carbocycles. The summed E-state index contributed by atoms with van der Waals surface area (Å²) < 4.78 is 29.1. The van der Waals surface area contributed by atoms with Crippen LogP contribution in [0.3, 0.4) is 0 Å². The van der Waals surface area contributed by atoms with Gasteiger partial charge in [0.15, 0.2) is 5.92 Å². The number of hydrogen-bond acceptors (Lipinski definition) is 7. The van der Waals surface area contributed by atoms with Gasteiger partial charge in [0.25, 0.3) is 0 Å². The third-order valence-electron chi connectivity index (χ3n) is 4.09. The molecule has 0 aromatic heterocycles. The summed E-state index contributed by atoms with van der Waals surface area (Å²) >= 11 is 0. The van der Waals surface area contributed by atoms with Crippen LogP contribution in [-0.2, 0) is 25.5 Å². The Hall–Kier alpha value is -2.71. The van der Waals surface area contributed by atoms with E-state index in [4.69, 9.17) is 4.74 Å². The number of esters is 2. The molecule has 2 rings (SSSR count). The number of rotatable bonds is 6. The number of nitro groups is 1. The average Bonchev–Trinajstić information content (AvgIpc) is 2.59. The van der Waals surface area contributed by atoms with Crippen LogP contribution in [0.2, 0.25) is 0 Å². The topological polar surface area (TPSA) is 105 Å². The first-order chi connectivity index (χ1) is 11.9. The monoisotopic (exact) mass is 355 g/mol. The zero-order valence-electron chi connectivity index (χ0n) is 13.8. The number of hydrogen-bond donors (Lipinski definition) is 0. The van der Waals surface area contributed by atoms with Gasteiger partial charge in [-0.25, -0.2) is 4.39 Å². The molecule has 0 bridgehead atoms. The molecule has 0 aliphatic carbocycles. The van der Waals surface area contributed by atoms with Crippen molar-refractivity contribution < 1.29 is 33.1 Å². The smallest absolute Gasteiger partial charge is 0.320 e. The van der Waals surface area contributed by atoms with Gasteiger partial charge in [-0.05, 0) is 30.0 Å². The second kappa shape index (κ2) is 7.91. The summed E-state index contributed by atoms with van der Waals surface area (Å²) in [6.45, 7) is -0.373. The fourth-order valence-corrected chi connectivity index (χ4v) is 2.90. The van der Waals surface area contributed by atoms with Crippen LogP contribution < -0.4 is 4.74 Å². The molecule has 8 nitrogen and oxygen atoms in total. The minimum atomic E-state index is -1.64. The van der Waals surface area contributed by atoms with Crippen LogP contribution in [0.25, 0.3) is 0 Å². The van der Waals surface area contributed by atoms with Crippen molar-refractivity contribution >= 4 is 11.9 Å². The van der Waals surface area contributed by atoms with Gasteiger partial charge in [0.1, 0.15) is 11.6 Å². The molecule has 0 fully saturated rings. The average molecular weight is 355 g/mol. The SMILES string of the molecule is COC(=O)C(C(=O)OC)[C@@H](C[N+](=O)[O-])c1cc2c(cc1F)OCCC2. The standard InChI is InChI=1S/C16H18FNO7/c1-23-15(19)14(16(20)24-2)11(8-18(21)22)10-6-9-4-3-5-25-13(9)7-12(10)17/h6-7,11,14H,3-5,8H2,1-2H3/t11-/m0/s1. The zero-order chi connectivity index (χ0) is 18.6. The number of aryl methyl sites for hydroxylation is 1. The van der Waals surface area contributed by atoms with Crippen molar-refractivity contribution in [3.63, 3.8) is 0 Å². The van der Waals surface area contributed by atoms with Gasteiger partial charge in [0.2, 0.25) is 6.54 Å². The number of methoxy groups -OCH3 is 2. The lowest BCUT2D eigenvalue weighted by Crippen LogP contribution is -2.36. The third kappa shape index (κ3) is 4.04. The van der Waals surface area contributed by atoms with Crippen LogP contribution in [0, 0.1) is 21.8 Å². The summed E-state index contributed by atoms with van der Waals surface area (Å²) in [6, 6.07) is 2.54. The van der Waals surface area contributed by atoms with E-state index in [1.807, 2.05) is 0 Å². The molecule has 0 saturated heterocycles. The Balaban J connectivity index is 2.54. The lowest BCUT2D eigenvalue weighted by Gasteiger charge is -2.24. The van der Waals surface area contributed by atoms with E-state index in [0.717, 1.165) is 26.7 Å². The fraction of sp³-hybridized carbons (Fsp3) is 0.500. The summed E-state index contributed by atoms with van der Waals surface area (Å²) in [5, 5.41) is 11.1. The highest BCUT2D eigenvalue weighted by Gasteiger charge is 2.42. The quantitative estimate of drug-likeness (QED) is 0.329. The van der Waals surface area contributed by atoms with Crippen LogP contribution in [0.4, 0.5) is 4.39 Å². The number of carbonyl (C=O) groups excluding carboxylic acids is 2. The highest BCUT2D eigenvalue weighted by molar-refractivity contribution is 5.96. The lowest BCUT2D eigenvalue weighted by atomic mass is 9.84. The van der Waals surface area contributed by atoms with E-state index in [2.05, 4.69) is 9.47 Å². The highest BCUT2D eigenvalue weighted by Crippen LogP contribution is 2.35. The van der Waals surface area contributed by atoms with Gasteiger partial charge in [-0.3, -0.25) is 19.7 Å². The Morgan fingerprint density at radius 2 is 1.96 bits per heavy atom. The van der Waals surface area contributed by atoms with Crippen molar-refractivity contribution in [1.82, 2.24) is 0 Å². The molecule has 0 spiro atoms. The molecule has 1 aromatic carbocycles. The van der Waals surface area contributed by atoms with Gasteiger partial charge in [-0.2, -0.15) is 0 Å². The van der Waals surface area contributed by atoms with E-state index < -0.39 is 41.1 Å². The number of ether oxygens (including phenoxy) is 3. The Morgan fingerprint density at radius 3 is 2.52 bits per heavy atom. The summed E-state index contributed by atoms with van der Waals surface area (Å²) in [6.07, 6.45) is 1.32. The van der Waals surface area contributed by atoms with Crippen molar-refractivity contribution in [2.75, 3.05) is 27.4 Å². The highest BCUT2D eigenvalue weighted by atomic mass is 19.1. The van der Waals surface area contributed by atoms with Gasteiger partial charge in [-0.15, -0.1) is 0 Å². The minimum absolute atomic E-state index is 0.109. The Kier molecular flexibility index (Phi) is 5.89. The summed E-state index contributed by atoms with van der Waals surface area (Å²) in [5.41, 5.74) is 0.561. The summed E-state index contributed by atoms with van der Waals surface area (Å²) in [7, 11) is 2.08. The normalized spacial score (nSPS) is 14.2. The van der Waals surface area contributed by atoms with Gasteiger partial charge >= 0.3 is 11.9 Å². The maximum atomic E-state index is 14.6. The van der Waals surface area contributed by atoms with Crippen LogP contribution >= 0.6 is 0 Å². The molecule has 136 valence electrons. The fourth-order valence-electron chi connectivity index (χ4n) is 2.90. The molecular weight excluding hydrogens is 337 g/mol. The molecule has 1 heterocycles. The van der Waals surface area contributed by atoms with Crippen molar-refractivity contribution in [3.8, 4) is 5.75 Å². The zero-order valence-corrected chi connectivity index (χ0v) is 13.8. The van der Waals surface area contributed by atoms with E-state index in [0.29, 0.717) is 24.3 Å². The first kappa shape index (κ1) is 18.6. The molecule has 25 heavy (non-hydrogen) atoms.